The van der Waals surface area contributed by atoms with E-state index in [1.807, 2.05) is 30.3 Å². The molecule has 3 heteroatoms. The molecule has 0 aromatic heterocycles. The number of nitrogens with one attached hydrogen (secondary N) is 1. The number of hydrogen-bond acceptors (Lipinski definition) is 1. The van der Waals surface area contributed by atoms with Crippen molar-refractivity contribution in [2.75, 3.05) is 0 Å². The van der Waals surface area contributed by atoms with Crippen LogP contribution in [0.5, 0.6) is 0 Å². The summed E-state index contributed by atoms with van der Waals surface area (Å²) < 4.78 is 0. The van der Waals surface area contributed by atoms with Crippen LogP contribution in [0.25, 0.3) is 0 Å². The van der Waals surface area contributed by atoms with E-state index >= 15 is 0 Å². The Morgan fingerprint density at radius 1 is 1.33 bits per heavy atom. The Balaban J connectivity index is 2.52. The van der Waals surface area contributed by atoms with E-state index in [1.54, 1.807) is 6.20 Å². The minimum Gasteiger partial charge on any atom is -0.122 e. The highest BCUT2D eigenvalue weighted by atomic mass is 16.3. The van der Waals surface area contributed by atoms with Crippen LogP contribution in [0.2, 0.25) is 0 Å². The molecule has 1 aliphatic rings. The quantitative estimate of drug-likeness (QED) is 0.587. The van der Waals surface area contributed by atoms with E-state index < -0.39 is 0 Å². The maximum atomic E-state index is 11.3. The molecule has 1 aromatic carbocycles. The molecule has 12 heavy (non-hydrogen) atoms. The predicted octanol–water partition coefficient (Wildman–Crippen LogP) is 1.67. The van der Waals surface area contributed by atoms with Crippen molar-refractivity contribution < 1.29 is 4.87 Å². The van der Waals surface area contributed by atoms with Crippen LogP contribution in [0.15, 0.2) is 36.5 Å². The molecule has 0 amide bonds. The van der Waals surface area contributed by atoms with Crippen molar-refractivity contribution in [1.29, 1.82) is 0 Å². The second-order valence-corrected chi connectivity index (χ2v) is 2.66. The molecule has 0 radical (unpaired) electrons. The molecule has 0 atom stereocenters. The van der Waals surface area contributed by atoms with Gasteiger partial charge in [-0.2, -0.15) is 0 Å². The van der Waals surface area contributed by atoms with E-state index in [1.165, 1.54) is 0 Å². The van der Waals surface area contributed by atoms with Crippen molar-refractivity contribution in [2.45, 2.75) is 6.42 Å². The van der Waals surface area contributed by atoms with E-state index in [2.05, 4.69) is 5.43 Å². The van der Waals surface area contributed by atoms with E-state index in [0.29, 0.717) is 5.69 Å². The Morgan fingerprint density at radius 3 is 3.08 bits per heavy atom. The first kappa shape index (κ1) is 7.03. The van der Waals surface area contributed by atoms with Gasteiger partial charge in [-0.1, -0.05) is 24.3 Å². The van der Waals surface area contributed by atoms with E-state index in [-0.39, 0.29) is 0 Å². The molecule has 2 rings (SSSR count). The molecule has 0 bridgehead atoms. The van der Waals surface area contributed by atoms with Crippen LogP contribution in [-0.2, 0) is 6.42 Å². The van der Waals surface area contributed by atoms with Crippen molar-refractivity contribution in [3.8, 4) is 0 Å². The fourth-order valence-electron chi connectivity index (χ4n) is 1.26. The number of hydrogen-bond donors (Lipinski definition) is 1. The third-order valence-corrected chi connectivity index (χ3v) is 1.86. The van der Waals surface area contributed by atoms with Crippen LogP contribution in [0.4, 0.5) is 5.69 Å². The number of allylic oxidation sites excluding steroid dienone is 1. The Morgan fingerprint density at radius 2 is 2.17 bits per heavy atom. The Kier molecular flexibility index (Phi) is 1.63. The molecule has 1 N–H and O–H groups in total. The minimum atomic E-state index is 0.697. The summed E-state index contributed by atoms with van der Waals surface area (Å²) in [6.07, 6.45) is 4.39. The summed E-state index contributed by atoms with van der Waals surface area (Å²) in [5.74, 6) is 0. The Labute approximate surface area is 70.3 Å². The molecule has 0 saturated carbocycles. The second-order valence-electron chi connectivity index (χ2n) is 2.66. The summed E-state index contributed by atoms with van der Waals surface area (Å²) in [7, 11) is 0. The smallest absolute Gasteiger partial charge is 0.122 e. The molecule has 1 aliphatic heterocycles. The van der Waals surface area contributed by atoms with Crippen molar-refractivity contribution >= 4 is 5.69 Å². The molecule has 0 unspecified atom stereocenters. The highest BCUT2D eigenvalue weighted by Gasteiger charge is 2.18. The third-order valence-electron chi connectivity index (χ3n) is 1.86. The zero-order chi connectivity index (χ0) is 8.39. The van der Waals surface area contributed by atoms with Crippen LogP contribution < -0.4 is 5.43 Å². The van der Waals surface area contributed by atoms with E-state index in [4.69, 9.17) is 0 Å². The summed E-state index contributed by atoms with van der Waals surface area (Å²) >= 11 is 0. The lowest BCUT2D eigenvalue weighted by Crippen LogP contribution is -2.14. The summed E-state index contributed by atoms with van der Waals surface area (Å²) in [6.45, 7) is 0. The van der Waals surface area contributed by atoms with Gasteiger partial charge in [-0.25, -0.2) is 0 Å². The lowest BCUT2D eigenvalue weighted by Gasteiger charge is -1.93. The number of fused-ring (bicyclic) bond motifs is 1. The van der Waals surface area contributed by atoms with Gasteiger partial charge in [-0.3, -0.25) is 0 Å². The number of para-hydroxylation sites is 1. The number of rotatable bonds is 0. The maximum Gasteiger partial charge on any atom is 0.295 e. The monoisotopic (exact) mass is 161 g/mol. The van der Waals surface area contributed by atoms with Gasteiger partial charge in [0.2, 0.25) is 0 Å². The highest BCUT2D eigenvalue weighted by Crippen LogP contribution is 2.19. The van der Waals surface area contributed by atoms with Crippen LogP contribution in [0.1, 0.15) is 5.56 Å². The van der Waals surface area contributed by atoms with Crippen molar-refractivity contribution in [2.24, 2.45) is 0 Å². The van der Waals surface area contributed by atoms with Crippen molar-refractivity contribution in [3.05, 3.63) is 47.0 Å². The molecule has 0 saturated heterocycles. The first-order valence-corrected chi connectivity index (χ1v) is 3.84. The molecule has 0 fully saturated rings. The normalized spacial score (nSPS) is 14.8. The summed E-state index contributed by atoms with van der Waals surface area (Å²) in [4.78, 5) is 12.0. The van der Waals surface area contributed by atoms with Gasteiger partial charge in [-0.15, -0.1) is 5.43 Å². The Hall–Kier alpha value is -1.64. The van der Waals surface area contributed by atoms with Gasteiger partial charge in [0.15, 0.2) is 4.87 Å². The average molecular weight is 161 g/mol. The largest absolute Gasteiger partial charge is 0.295 e. The summed E-state index contributed by atoms with van der Waals surface area (Å²) in [6, 6.07) is 7.56. The number of nitrogens with zero attached hydrogens (tertiary/aromatic N) is 1. The van der Waals surface area contributed by atoms with Crippen molar-refractivity contribution in [1.82, 2.24) is 5.43 Å². The highest BCUT2D eigenvalue weighted by molar-refractivity contribution is 5.41. The molecular weight excluding hydrogens is 152 g/mol. The molecule has 0 spiro atoms. The minimum absolute atomic E-state index is 0.697. The summed E-state index contributed by atoms with van der Waals surface area (Å²) in [5, 5.41) is 0. The van der Waals surface area contributed by atoms with Crippen molar-refractivity contribution in [3.63, 3.8) is 0 Å². The van der Waals surface area contributed by atoms with Crippen LogP contribution in [0, 0.1) is 4.91 Å². The molecule has 60 valence electrons. The fourth-order valence-corrected chi connectivity index (χ4v) is 1.26. The predicted molar refractivity (Wildman–Crippen MR) is 45.7 cm³/mol. The lowest BCUT2D eigenvalue weighted by atomic mass is 10.1. The summed E-state index contributed by atoms with van der Waals surface area (Å²) in [5.41, 5.74) is 4.34. The van der Waals surface area contributed by atoms with Crippen LogP contribution in [0.3, 0.4) is 0 Å². The molecule has 1 aromatic rings. The third kappa shape index (κ3) is 1.09. The fraction of sp³-hybridized carbons (Fsp3) is 0.111. The van der Waals surface area contributed by atoms with Gasteiger partial charge >= 0.3 is 0 Å². The van der Waals surface area contributed by atoms with Crippen LogP contribution in [-0.4, -0.2) is 4.87 Å². The Bertz CT molecular complexity index is 344. The second kappa shape index (κ2) is 2.77. The number of nitroso groups, excluding NO2 is 1. The standard InChI is InChI=1S/C9H9N2O/c12-11-9-6-2-1-4-8(9)5-3-7-10-11/h1-4,6-7H,5H2,(H,10,12)/q+1. The van der Waals surface area contributed by atoms with Crippen LogP contribution >= 0.6 is 0 Å². The van der Waals surface area contributed by atoms with Gasteiger partial charge in [0, 0.05) is 11.6 Å². The molecule has 1 heterocycles. The van der Waals surface area contributed by atoms with Gasteiger partial charge in [0.1, 0.15) is 0 Å². The lowest BCUT2D eigenvalue weighted by molar-refractivity contribution is -0.516. The zero-order valence-electron chi connectivity index (χ0n) is 6.53. The zero-order valence-corrected chi connectivity index (χ0v) is 6.53. The first-order valence-electron chi connectivity index (χ1n) is 3.84. The molecule has 3 nitrogen and oxygen atoms in total. The topological polar surface area (TPSA) is 32.1 Å². The average Bonchev–Trinajstić information content (AvgIpc) is 2.29. The molecular formula is C9H9N2O+. The number of hydrazine groups is 1. The van der Waals surface area contributed by atoms with E-state index in [9.17, 15) is 4.91 Å². The maximum absolute atomic E-state index is 11.3. The van der Waals surface area contributed by atoms with Gasteiger partial charge in [0.05, 0.1) is 11.1 Å². The first-order chi connectivity index (χ1) is 5.88. The number of benzene rings is 1. The molecule has 0 aliphatic carbocycles. The SMILES string of the molecule is O=[N+]1NC=CCc2ccccc21. The van der Waals surface area contributed by atoms with Gasteiger partial charge in [-0.05, 0) is 6.42 Å². The van der Waals surface area contributed by atoms with Gasteiger partial charge < -0.3 is 0 Å². The van der Waals surface area contributed by atoms with E-state index in [0.717, 1.165) is 16.9 Å². The van der Waals surface area contributed by atoms with Gasteiger partial charge in [0.25, 0.3) is 5.69 Å².